The van der Waals surface area contributed by atoms with Crippen molar-refractivity contribution < 1.29 is 26.7 Å². The molecule has 23 heavy (non-hydrogen) atoms. The minimum Gasteiger partial charge on any atom is -0.497 e. The van der Waals surface area contributed by atoms with Crippen LogP contribution in [0.15, 0.2) is 48.5 Å². The molecular formula is C17H13F5O. The average molecular weight is 328 g/mol. The van der Waals surface area contributed by atoms with E-state index in [9.17, 15) is 22.0 Å². The Balaban J connectivity index is 2.15. The van der Waals surface area contributed by atoms with Gasteiger partial charge in [0.2, 0.25) is 0 Å². The SMILES string of the molecule is COc1ccc(/C=C/c2ccc(C(F)(F)C(F)(F)F)cc2)cc1. The molecular weight excluding hydrogens is 315 g/mol. The number of hydrogen-bond acceptors (Lipinski definition) is 1. The van der Waals surface area contributed by atoms with E-state index >= 15 is 0 Å². The van der Waals surface area contributed by atoms with Crippen molar-refractivity contribution in [2.75, 3.05) is 7.11 Å². The highest BCUT2D eigenvalue weighted by molar-refractivity contribution is 5.69. The molecule has 0 saturated heterocycles. The van der Waals surface area contributed by atoms with Crippen molar-refractivity contribution in [1.29, 1.82) is 0 Å². The monoisotopic (exact) mass is 328 g/mol. The topological polar surface area (TPSA) is 9.23 Å². The van der Waals surface area contributed by atoms with E-state index in [4.69, 9.17) is 4.74 Å². The van der Waals surface area contributed by atoms with Crippen molar-refractivity contribution in [1.82, 2.24) is 0 Å². The predicted molar refractivity (Wildman–Crippen MR) is 78.3 cm³/mol. The summed E-state index contributed by atoms with van der Waals surface area (Å²) in [5.41, 5.74) is 0.282. The van der Waals surface area contributed by atoms with E-state index in [1.54, 1.807) is 43.5 Å². The van der Waals surface area contributed by atoms with Crippen LogP contribution in [-0.4, -0.2) is 13.3 Å². The molecule has 2 aromatic rings. The Labute approximate surface area is 130 Å². The zero-order chi connectivity index (χ0) is 17.1. The maximum absolute atomic E-state index is 13.2. The number of hydrogen-bond donors (Lipinski definition) is 0. The van der Waals surface area contributed by atoms with E-state index in [1.807, 2.05) is 0 Å². The standard InChI is InChI=1S/C17H13F5O/c1-23-15-10-6-13(7-11-15)3-2-12-4-8-14(9-5-12)16(18,19)17(20,21)22/h2-11H,1H3/b3-2+. The van der Waals surface area contributed by atoms with Gasteiger partial charge in [-0.05, 0) is 23.3 Å². The van der Waals surface area contributed by atoms with Gasteiger partial charge in [0.25, 0.3) is 0 Å². The van der Waals surface area contributed by atoms with Crippen LogP contribution in [0.4, 0.5) is 22.0 Å². The second-order valence-corrected chi connectivity index (χ2v) is 4.80. The molecule has 2 aromatic carbocycles. The van der Waals surface area contributed by atoms with E-state index in [0.29, 0.717) is 11.3 Å². The number of rotatable bonds is 4. The van der Waals surface area contributed by atoms with Crippen molar-refractivity contribution in [2.45, 2.75) is 12.1 Å². The third kappa shape index (κ3) is 3.88. The smallest absolute Gasteiger partial charge is 0.458 e. The number of methoxy groups -OCH3 is 1. The molecule has 0 bridgehead atoms. The lowest BCUT2D eigenvalue weighted by atomic mass is 10.0. The summed E-state index contributed by atoms with van der Waals surface area (Å²) < 4.78 is 68.2. The second-order valence-electron chi connectivity index (χ2n) is 4.80. The molecule has 0 heterocycles. The fourth-order valence-electron chi connectivity index (χ4n) is 1.87. The van der Waals surface area contributed by atoms with Gasteiger partial charge < -0.3 is 4.74 Å². The van der Waals surface area contributed by atoms with Crippen LogP contribution in [0.2, 0.25) is 0 Å². The van der Waals surface area contributed by atoms with Crippen LogP contribution < -0.4 is 4.74 Å². The number of alkyl halides is 5. The number of benzene rings is 2. The summed E-state index contributed by atoms with van der Waals surface area (Å²) in [5.74, 6) is -4.16. The van der Waals surface area contributed by atoms with Crippen LogP contribution in [0, 0.1) is 0 Å². The highest BCUT2D eigenvalue weighted by Gasteiger charge is 2.58. The Hall–Kier alpha value is -2.37. The Morgan fingerprint density at radius 3 is 1.57 bits per heavy atom. The van der Waals surface area contributed by atoms with Crippen LogP contribution in [0.5, 0.6) is 5.75 Å². The summed E-state index contributed by atoms with van der Waals surface area (Å²) in [6.45, 7) is 0. The summed E-state index contributed by atoms with van der Waals surface area (Å²) in [4.78, 5) is 0. The normalized spacial score (nSPS) is 12.6. The quantitative estimate of drug-likeness (QED) is 0.530. The average Bonchev–Trinajstić information content (AvgIpc) is 2.53. The fraction of sp³-hybridized carbons (Fsp3) is 0.176. The largest absolute Gasteiger partial charge is 0.497 e. The lowest BCUT2D eigenvalue weighted by Gasteiger charge is -2.19. The molecule has 0 aromatic heterocycles. The number of halogens is 5. The second kappa shape index (κ2) is 6.40. The van der Waals surface area contributed by atoms with Gasteiger partial charge in [0, 0.05) is 5.56 Å². The molecule has 6 heteroatoms. The summed E-state index contributed by atoms with van der Waals surface area (Å²) in [6.07, 6.45) is -2.26. The van der Waals surface area contributed by atoms with Crippen molar-refractivity contribution in [3.05, 3.63) is 65.2 Å². The Bertz CT molecular complexity index is 670. The van der Waals surface area contributed by atoms with Gasteiger partial charge in [-0.2, -0.15) is 22.0 Å². The van der Waals surface area contributed by atoms with Crippen LogP contribution >= 0.6 is 0 Å². The van der Waals surface area contributed by atoms with Gasteiger partial charge in [0.05, 0.1) is 7.11 Å². The first-order valence-electron chi connectivity index (χ1n) is 6.61. The lowest BCUT2D eigenvalue weighted by molar-refractivity contribution is -0.289. The Morgan fingerprint density at radius 1 is 0.739 bits per heavy atom. The first kappa shape index (κ1) is 17.0. The van der Waals surface area contributed by atoms with Crippen LogP contribution in [0.25, 0.3) is 12.2 Å². The van der Waals surface area contributed by atoms with E-state index in [2.05, 4.69) is 0 Å². The van der Waals surface area contributed by atoms with Crippen molar-refractivity contribution >= 4 is 12.2 Å². The molecule has 0 aliphatic heterocycles. The molecule has 1 nitrogen and oxygen atoms in total. The Morgan fingerprint density at radius 2 is 1.17 bits per heavy atom. The number of ether oxygens (including phenoxy) is 1. The van der Waals surface area contributed by atoms with Gasteiger partial charge in [0.1, 0.15) is 5.75 Å². The zero-order valence-electron chi connectivity index (χ0n) is 12.1. The Kier molecular flexibility index (Phi) is 4.73. The summed E-state index contributed by atoms with van der Waals surface area (Å²) in [6, 6.07) is 11.1. The molecule has 0 unspecified atom stereocenters. The molecule has 0 spiro atoms. The minimum atomic E-state index is -5.60. The van der Waals surface area contributed by atoms with Gasteiger partial charge in [-0.15, -0.1) is 0 Å². The highest BCUT2D eigenvalue weighted by atomic mass is 19.4. The molecule has 122 valence electrons. The van der Waals surface area contributed by atoms with Gasteiger partial charge >= 0.3 is 12.1 Å². The molecule has 0 aliphatic carbocycles. The third-order valence-electron chi connectivity index (χ3n) is 3.21. The maximum atomic E-state index is 13.2. The maximum Gasteiger partial charge on any atom is 0.458 e. The molecule has 0 radical (unpaired) electrons. The summed E-state index contributed by atoms with van der Waals surface area (Å²) >= 11 is 0. The van der Waals surface area contributed by atoms with Gasteiger partial charge in [-0.1, -0.05) is 48.6 Å². The molecule has 0 saturated carbocycles. The molecule has 0 atom stereocenters. The van der Waals surface area contributed by atoms with Crippen molar-refractivity contribution in [2.24, 2.45) is 0 Å². The van der Waals surface area contributed by atoms with E-state index < -0.39 is 17.7 Å². The van der Waals surface area contributed by atoms with Gasteiger partial charge in [-0.3, -0.25) is 0 Å². The molecule has 0 N–H and O–H groups in total. The first-order valence-corrected chi connectivity index (χ1v) is 6.61. The predicted octanol–water partition coefficient (Wildman–Crippen LogP) is 5.52. The van der Waals surface area contributed by atoms with E-state index in [1.165, 1.54) is 12.1 Å². The van der Waals surface area contributed by atoms with Crippen molar-refractivity contribution in [3.8, 4) is 5.75 Å². The highest BCUT2D eigenvalue weighted by Crippen LogP contribution is 2.43. The van der Waals surface area contributed by atoms with Crippen molar-refractivity contribution in [3.63, 3.8) is 0 Å². The van der Waals surface area contributed by atoms with Gasteiger partial charge in [0.15, 0.2) is 0 Å². The van der Waals surface area contributed by atoms with E-state index in [-0.39, 0.29) is 0 Å². The minimum absolute atomic E-state index is 0.516. The van der Waals surface area contributed by atoms with Gasteiger partial charge in [-0.25, -0.2) is 0 Å². The molecule has 0 amide bonds. The molecule has 0 fully saturated rings. The molecule has 0 aliphatic rings. The zero-order valence-corrected chi connectivity index (χ0v) is 12.1. The lowest BCUT2D eigenvalue weighted by Crippen LogP contribution is -2.33. The summed E-state index contributed by atoms with van der Waals surface area (Å²) in [5, 5.41) is 0. The molecule has 2 rings (SSSR count). The fourth-order valence-corrected chi connectivity index (χ4v) is 1.87. The van der Waals surface area contributed by atoms with E-state index in [0.717, 1.165) is 17.7 Å². The van der Waals surface area contributed by atoms with Crippen LogP contribution in [0.1, 0.15) is 16.7 Å². The third-order valence-corrected chi connectivity index (χ3v) is 3.21. The van der Waals surface area contributed by atoms with Crippen LogP contribution in [-0.2, 0) is 5.92 Å². The first-order chi connectivity index (χ1) is 10.7. The van der Waals surface area contributed by atoms with Crippen LogP contribution in [0.3, 0.4) is 0 Å². The summed E-state index contributed by atoms with van der Waals surface area (Å²) in [7, 11) is 1.54.